The molecule has 1 saturated heterocycles. The van der Waals surface area contributed by atoms with E-state index < -0.39 is 11.9 Å². The Morgan fingerprint density at radius 3 is 2.61 bits per heavy atom. The molecule has 1 atom stereocenters. The van der Waals surface area contributed by atoms with Crippen molar-refractivity contribution in [1.29, 1.82) is 0 Å². The lowest BCUT2D eigenvalue weighted by atomic mass is 10.0. The summed E-state index contributed by atoms with van der Waals surface area (Å²) in [6.45, 7) is 1.25. The first-order chi connectivity index (χ1) is 15.0. The zero-order valence-corrected chi connectivity index (χ0v) is 16.8. The highest BCUT2D eigenvalue weighted by Crippen LogP contribution is 2.29. The Labute approximate surface area is 179 Å². The largest absolute Gasteiger partial charge is 0.383 e. The van der Waals surface area contributed by atoms with E-state index in [0.29, 0.717) is 31.6 Å². The molecule has 31 heavy (non-hydrogen) atoms. The van der Waals surface area contributed by atoms with E-state index in [0.717, 1.165) is 16.9 Å². The molecular formula is C22H23N5O4. The number of hydrogen-bond donors (Lipinski definition) is 4. The average molecular weight is 421 g/mol. The van der Waals surface area contributed by atoms with E-state index in [1.165, 1.54) is 4.90 Å². The molecule has 160 valence electrons. The Bertz CT molecular complexity index is 1020. The van der Waals surface area contributed by atoms with E-state index in [4.69, 9.17) is 0 Å². The average Bonchev–Trinajstić information content (AvgIpc) is 3.07. The number of nitrogens with zero attached hydrogens (tertiary/aromatic N) is 1. The number of rotatable bonds is 6. The minimum absolute atomic E-state index is 0.199. The summed E-state index contributed by atoms with van der Waals surface area (Å²) in [6.07, 6.45) is 0.570. The second-order valence-electron chi connectivity index (χ2n) is 7.45. The van der Waals surface area contributed by atoms with Crippen LogP contribution in [0.1, 0.15) is 28.8 Å². The highest BCUT2D eigenvalue weighted by atomic mass is 16.2. The van der Waals surface area contributed by atoms with Gasteiger partial charge in [0.25, 0.3) is 5.91 Å². The third kappa shape index (κ3) is 4.66. The van der Waals surface area contributed by atoms with Crippen molar-refractivity contribution in [3.8, 4) is 0 Å². The highest BCUT2D eigenvalue weighted by Gasteiger charge is 2.39. The normalized spacial score (nSPS) is 17.7. The van der Waals surface area contributed by atoms with Crippen molar-refractivity contribution in [2.45, 2.75) is 25.4 Å². The number of anilines is 2. The summed E-state index contributed by atoms with van der Waals surface area (Å²) in [5.41, 5.74) is 2.93. The van der Waals surface area contributed by atoms with Crippen LogP contribution in [0.15, 0.2) is 48.5 Å². The fraction of sp³-hybridized carbons (Fsp3) is 0.273. The van der Waals surface area contributed by atoms with Gasteiger partial charge in [0, 0.05) is 43.0 Å². The lowest BCUT2D eigenvalue weighted by molar-refractivity contribution is -0.136. The van der Waals surface area contributed by atoms with Crippen LogP contribution in [-0.2, 0) is 16.1 Å². The third-order valence-electron chi connectivity index (χ3n) is 5.29. The summed E-state index contributed by atoms with van der Waals surface area (Å²) in [6, 6.07) is 13.7. The van der Waals surface area contributed by atoms with Crippen LogP contribution in [0.5, 0.6) is 0 Å². The predicted octanol–water partition coefficient (Wildman–Crippen LogP) is 1.68. The molecule has 1 unspecified atom stereocenters. The Morgan fingerprint density at radius 2 is 1.84 bits per heavy atom. The van der Waals surface area contributed by atoms with E-state index in [1.807, 2.05) is 36.4 Å². The monoisotopic (exact) mass is 421 g/mol. The third-order valence-corrected chi connectivity index (χ3v) is 5.29. The summed E-state index contributed by atoms with van der Waals surface area (Å²) in [7, 11) is 0. The predicted molar refractivity (Wildman–Crippen MR) is 114 cm³/mol. The molecule has 9 heteroatoms. The molecule has 0 aliphatic carbocycles. The molecule has 0 spiro atoms. The molecule has 0 saturated carbocycles. The molecule has 2 aliphatic rings. The van der Waals surface area contributed by atoms with Crippen molar-refractivity contribution >= 4 is 35.1 Å². The van der Waals surface area contributed by atoms with E-state index in [2.05, 4.69) is 21.3 Å². The van der Waals surface area contributed by atoms with Gasteiger partial charge in [-0.1, -0.05) is 18.2 Å². The molecule has 0 bridgehead atoms. The van der Waals surface area contributed by atoms with Gasteiger partial charge < -0.3 is 20.9 Å². The summed E-state index contributed by atoms with van der Waals surface area (Å²) < 4.78 is 0. The molecule has 4 N–H and O–H groups in total. The second-order valence-corrected chi connectivity index (χ2v) is 7.45. The minimum Gasteiger partial charge on any atom is -0.383 e. The summed E-state index contributed by atoms with van der Waals surface area (Å²) in [5, 5.41) is 11.0. The van der Waals surface area contributed by atoms with Gasteiger partial charge in [0.2, 0.25) is 11.8 Å². The zero-order valence-electron chi connectivity index (χ0n) is 16.8. The molecule has 5 amide bonds. The van der Waals surface area contributed by atoms with Gasteiger partial charge in [0.1, 0.15) is 6.04 Å². The Kier molecular flexibility index (Phi) is 5.83. The van der Waals surface area contributed by atoms with Crippen LogP contribution in [0.25, 0.3) is 0 Å². The van der Waals surface area contributed by atoms with Gasteiger partial charge in [0.05, 0.1) is 0 Å². The topological polar surface area (TPSA) is 120 Å². The SMILES string of the molecule is O=C1CCC(N2Cc3cc(NCCNC(=O)Nc4ccccc4)ccc3C2=O)C(=O)N1. The van der Waals surface area contributed by atoms with E-state index >= 15 is 0 Å². The number of imide groups is 1. The maximum Gasteiger partial charge on any atom is 0.319 e. The molecule has 2 aromatic carbocycles. The van der Waals surface area contributed by atoms with Crippen molar-refractivity contribution < 1.29 is 19.2 Å². The lowest BCUT2D eigenvalue weighted by Gasteiger charge is -2.29. The number of hydrogen-bond acceptors (Lipinski definition) is 5. The first-order valence-corrected chi connectivity index (χ1v) is 10.1. The molecule has 2 heterocycles. The van der Waals surface area contributed by atoms with Crippen molar-refractivity contribution in [2.24, 2.45) is 0 Å². The van der Waals surface area contributed by atoms with Crippen LogP contribution < -0.4 is 21.3 Å². The van der Waals surface area contributed by atoms with Crippen LogP contribution in [0.4, 0.5) is 16.2 Å². The fourth-order valence-corrected chi connectivity index (χ4v) is 3.76. The van der Waals surface area contributed by atoms with Crippen molar-refractivity contribution in [1.82, 2.24) is 15.5 Å². The molecule has 0 aromatic heterocycles. The number of para-hydroxylation sites is 1. The number of nitrogens with one attached hydrogen (secondary N) is 4. The number of carbonyl (C=O) groups is 4. The first-order valence-electron chi connectivity index (χ1n) is 10.1. The van der Waals surface area contributed by atoms with Crippen LogP contribution >= 0.6 is 0 Å². The van der Waals surface area contributed by atoms with Crippen LogP contribution in [-0.4, -0.2) is 47.8 Å². The fourth-order valence-electron chi connectivity index (χ4n) is 3.76. The number of fused-ring (bicyclic) bond motifs is 1. The Hall–Kier alpha value is -3.88. The number of benzene rings is 2. The number of carbonyl (C=O) groups excluding carboxylic acids is 4. The van der Waals surface area contributed by atoms with E-state index in [9.17, 15) is 19.2 Å². The van der Waals surface area contributed by atoms with Crippen LogP contribution in [0, 0.1) is 0 Å². The summed E-state index contributed by atoms with van der Waals surface area (Å²) >= 11 is 0. The second kappa shape index (κ2) is 8.86. The van der Waals surface area contributed by atoms with E-state index in [1.54, 1.807) is 12.1 Å². The van der Waals surface area contributed by atoms with Gasteiger partial charge in [-0.15, -0.1) is 0 Å². The van der Waals surface area contributed by atoms with Crippen molar-refractivity contribution in [3.05, 3.63) is 59.7 Å². The maximum absolute atomic E-state index is 12.7. The lowest BCUT2D eigenvalue weighted by Crippen LogP contribution is -2.52. The molecular weight excluding hydrogens is 398 g/mol. The molecule has 9 nitrogen and oxygen atoms in total. The van der Waals surface area contributed by atoms with Gasteiger partial charge >= 0.3 is 6.03 Å². The van der Waals surface area contributed by atoms with Crippen LogP contribution in [0.2, 0.25) is 0 Å². The number of amides is 5. The summed E-state index contributed by atoms with van der Waals surface area (Å²) in [5.74, 6) is -0.922. The molecule has 1 fully saturated rings. The zero-order chi connectivity index (χ0) is 21.8. The minimum atomic E-state index is -0.624. The molecule has 2 aliphatic heterocycles. The van der Waals surface area contributed by atoms with Gasteiger partial charge in [-0.3, -0.25) is 19.7 Å². The Morgan fingerprint density at radius 1 is 1.03 bits per heavy atom. The quantitative estimate of drug-likeness (QED) is 0.418. The molecule has 4 rings (SSSR count). The van der Waals surface area contributed by atoms with Gasteiger partial charge in [-0.2, -0.15) is 0 Å². The highest BCUT2D eigenvalue weighted by molar-refractivity contribution is 6.05. The first kappa shape index (κ1) is 20.4. The van der Waals surface area contributed by atoms with Crippen LogP contribution in [0.3, 0.4) is 0 Å². The van der Waals surface area contributed by atoms with Gasteiger partial charge in [0.15, 0.2) is 0 Å². The van der Waals surface area contributed by atoms with Crippen molar-refractivity contribution in [3.63, 3.8) is 0 Å². The van der Waals surface area contributed by atoms with Gasteiger partial charge in [-0.05, 0) is 42.3 Å². The molecule has 2 aromatic rings. The Balaban J connectivity index is 1.28. The molecule has 0 radical (unpaired) electrons. The van der Waals surface area contributed by atoms with Gasteiger partial charge in [-0.25, -0.2) is 4.79 Å². The summed E-state index contributed by atoms with van der Waals surface area (Å²) in [4.78, 5) is 49.6. The van der Waals surface area contributed by atoms with E-state index in [-0.39, 0.29) is 24.3 Å². The van der Waals surface area contributed by atoms with Crippen molar-refractivity contribution in [2.75, 3.05) is 23.7 Å². The number of piperidine rings is 1. The smallest absolute Gasteiger partial charge is 0.319 e. The standard InChI is InChI=1S/C22H23N5O4/c28-19-9-8-18(20(29)26-19)27-13-14-12-16(6-7-17(14)21(27)30)23-10-11-24-22(31)25-15-4-2-1-3-5-15/h1-7,12,18,23H,8-11,13H2,(H2,24,25,31)(H,26,28,29). The maximum atomic E-state index is 12.7. The number of urea groups is 1.